The Labute approximate surface area is 129 Å². The van der Waals surface area contributed by atoms with E-state index in [0.29, 0.717) is 11.7 Å². The lowest BCUT2D eigenvalue weighted by Crippen LogP contribution is -2.50. The van der Waals surface area contributed by atoms with Crippen molar-refractivity contribution in [3.05, 3.63) is 47.0 Å². The van der Waals surface area contributed by atoms with Crippen molar-refractivity contribution >= 4 is 17.9 Å². The van der Waals surface area contributed by atoms with E-state index in [9.17, 15) is 4.79 Å². The van der Waals surface area contributed by atoms with Crippen molar-refractivity contribution in [1.82, 2.24) is 20.1 Å². The van der Waals surface area contributed by atoms with Crippen LogP contribution in [0.15, 0.2) is 41.4 Å². The molecule has 21 heavy (non-hydrogen) atoms. The van der Waals surface area contributed by atoms with Crippen LogP contribution in [0.4, 0.5) is 0 Å². The molecule has 2 heterocycles. The van der Waals surface area contributed by atoms with Gasteiger partial charge in [-0.25, -0.2) is 0 Å². The molecule has 3 rings (SSSR count). The van der Waals surface area contributed by atoms with Crippen LogP contribution < -0.4 is 10.3 Å². The molecular weight excluding hydrogens is 284 g/mol. The minimum atomic E-state index is 0.0829. The second-order valence-corrected chi connectivity index (χ2v) is 5.97. The molecular formula is C15H20N4OS. The van der Waals surface area contributed by atoms with Crippen molar-refractivity contribution in [2.45, 2.75) is 13.0 Å². The largest absolute Gasteiger partial charge is 0.335 e. The van der Waals surface area contributed by atoms with Crippen molar-refractivity contribution < 1.29 is 4.79 Å². The SMILES string of the molecule is CC(c1ccccc1)N1CCN(C(=O)C2=CSNN2)CC1. The Morgan fingerprint density at radius 2 is 1.90 bits per heavy atom. The Morgan fingerprint density at radius 3 is 2.52 bits per heavy atom. The summed E-state index contributed by atoms with van der Waals surface area (Å²) in [6, 6.07) is 10.9. The van der Waals surface area contributed by atoms with Crippen molar-refractivity contribution in [2.75, 3.05) is 26.2 Å². The van der Waals surface area contributed by atoms with Gasteiger partial charge in [-0.05, 0) is 24.4 Å². The summed E-state index contributed by atoms with van der Waals surface area (Å²) in [5.41, 5.74) is 4.86. The monoisotopic (exact) mass is 304 g/mol. The summed E-state index contributed by atoms with van der Waals surface area (Å²) < 4.78 is 0. The zero-order chi connectivity index (χ0) is 14.7. The number of nitrogens with one attached hydrogen (secondary N) is 2. The predicted molar refractivity (Wildman–Crippen MR) is 85.0 cm³/mol. The zero-order valence-corrected chi connectivity index (χ0v) is 12.9. The van der Waals surface area contributed by atoms with E-state index in [1.54, 1.807) is 0 Å². The molecule has 2 N–H and O–H groups in total. The molecule has 1 atom stereocenters. The maximum atomic E-state index is 12.3. The first-order valence-electron chi connectivity index (χ1n) is 7.21. The number of rotatable bonds is 3. The number of amides is 1. The van der Waals surface area contributed by atoms with Gasteiger partial charge in [-0.2, -0.15) is 4.83 Å². The van der Waals surface area contributed by atoms with E-state index in [1.165, 1.54) is 17.5 Å². The Kier molecular flexibility index (Phi) is 4.48. The second-order valence-electron chi connectivity index (χ2n) is 5.29. The van der Waals surface area contributed by atoms with Crippen molar-refractivity contribution in [3.8, 4) is 0 Å². The van der Waals surface area contributed by atoms with Crippen LogP contribution in [0.25, 0.3) is 0 Å². The molecule has 0 aliphatic carbocycles. The Hall–Kier alpha value is -1.50. The van der Waals surface area contributed by atoms with Gasteiger partial charge in [0.05, 0.1) is 0 Å². The highest BCUT2D eigenvalue weighted by atomic mass is 32.2. The lowest BCUT2D eigenvalue weighted by atomic mass is 10.1. The van der Waals surface area contributed by atoms with Gasteiger partial charge in [0.25, 0.3) is 5.91 Å². The summed E-state index contributed by atoms with van der Waals surface area (Å²) in [5.74, 6) is 0.0829. The molecule has 1 aromatic rings. The van der Waals surface area contributed by atoms with Gasteiger partial charge in [-0.1, -0.05) is 30.3 Å². The molecule has 1 fully saturated rings. The summed E-state index contributed by atoms with van der Waals surface area (Å²) in [7, 11) is 0. The Morgan fingerprint density at radius 1 is 1.19 bits per heavy atom. The summed E-state index contributed by atoms with van der Waals surface area (Å²) >= 11 is 1.40. The van der Waals surface area contributed by atoms with Gasteiger partial charge in [-0.15, -0.1) is 0 Å². The fourth-order valence-corrected chi connectivity index (χ4v) is 3.24. The molecule has 2 aliphatic heterocycles. The van der Waals surface area contributed by atoms with Crippen molar-refractivity contribution in [2.24, 2.45) is 0 Å². The van der Waals surface area contributed by atoms with Crippen LogP contribution in [0.3, 0.4) is 0 Å². The third-order valence-electron chi connectivity index (χ3n) is 4.08. The molecule has 1 aromatic carbocycles. The summed E-state index contributed by atoms with van der Waals surface area (Å²) in [5, 5.41) is 1.82. The summed E-state index contributed by atoms with van der Waals surface area (Å²) in [6.45, 7) is 5.61. The molecule has 0 saturated carbocycles. The topological polar surface area (TPSA) is 47.6 Å². The first-order chi connectivity index (χ1) is 10.3. The summed E-state index contributed by atoms with van der Waals surface area (Å²) in [6.07, 6.45) is 0. The highest BCUT2D eigenvalue weighted by Gasteiger charge is 2.27. The molecule has 0 bridgehead atoms. The second kappa shape index (κ2) is 6.51. The van der Waals surface area contributed by atoms with Crippen LogP contribution >= 0.6 is 11.9 Å². The van der Waals surface area contributed by atoms with E-state index >= 15 is 0 Å². The summed E-state index contributed by atoms with van der Waals surface area (Å²) in [4.78, 5) is 19.5. The molecule has 1 saturated heterocycles. The maximum Gasteiger partial charge on any atom is 0.271 e. The van der Waals surface area contributed by atoms with Crippen molar-refractivity contribution in [1.29, 1.82) is 0 Å². The van der Waals surface area contributed by atoms with Gasteiger partial charge >= 0.3 is 0 Å². The average Bonchev–Trinajstić information content (AvgIpc) is 3.09. The Balaban J connectivity index is 1.56. The minimum Gasteiger partial charge on any atom is -0.335 e. The molecule has 5 nitrogen and oxygen atoms in total. The van der Waals surface area contributed by atoms with Crippen LogP contribution in [0.2, 0.25) is 0 Å². The van der Waals surface area contributed by atoms with Crippen LogP contribution in [-0.4, -0.2) is 41.9 Å². The van der Waals surface area contributed by atoms with E-state index in [-0.39, 0.29) is 5.91 Å². The smallest absolute Gasteiger partial charge is 0.271 e. The number of piperazine rings is 1. The van der Waals surface area contributed by atoms with Gasteiger partial charge in [0.2, 0.25) is 0 Å². The first kappa shape index (κ1) is 14.4. The van der Waals surface area contributed by atoms with E-state index in [1.807, 2.05) is 16.4 Å². The number of hydrogen-bond acceptors (Lipinski definition) is 5. The van der Waals surface area contributed by atoms with Gasteiger partial charge in [-0.3, -0.25) is 9.69 Å². The van der Waals surface area contributed by atoms with Crippen LogP contribution in [-0.2, 0) is 4.79 Å². The molecule has 2 aliphatic rings. The lowest BCUT2D eigenvalue weighted by Gasteiger charge is -2.38. The number of hydrazine groups is 1. The fraction of sp³-hybridized carbons (Fsp3) is 0.400. The van der Waals surface area contributed by atoms with Gasteiger partial charge in [0.15, 0.2) is 0 Å². The molecule has 0 radical (unpaired) electrons. The molecule has 1 unspecified atom stereocenters. The predicted octanol–water partition coefficient (Wildman–Crippen LogP) is 1.49. The van der Waals surface area contributed by atoms with Crippen LogP contribution in [0, 0.1) is 0 Å². The molecule has 0 spiro atoms. The number of carbonyl (C=O) groups excluding carboxylic acids is 1. The van der Waals surface area contributed by atoms with E-state index < -0.39 is 0 Å². The molecule has 112 valence electrons. The lowest BCUT2D eigenvalue weighted by molar-refractivity contribution is -0.129. The molecule has 6 heteroatoms. The van der Waals surface area contributed by atoms with E-state index in [0.717, 1.165) is 26.2 Å². The number of nitrogens with zero attached hydrogens (tertiary/aromatic N) is 2. The molecule has 0 aromatic heterocycles. The standard InChI is InChI=1S/C15H20N4OS/c1-12(13-5-3-2-4-6-13)18-7-9-19(10-8-18)15(20)14-11-21-17-16-14/h2-6,11-12,16-17H,7-10H2,1H3. The highest BCUT2D eigenvalue weighted by Crippen LogP contribution is 2.22. The third-order valence-corrected chi connectivity index (χ3v) is 4.66. The van der Waals surface area contributed by atoms with Crippen molar-refractivity contribution in [3.63, 3.8) is 0 Å². The first-order valence-corrected chi connectivity index (χ1v) is 8.09. The van der Waals surface area contributed by atoms with Gasteiger partial charge in [0.1, 0.15) is 5.70 Å². The van der Waals surface area contributed by atoms with E-state index in [2.05, 4.69) is 46.3 Å². The van der Waals surface area contributed by atoms with Crippen LogP contribution in [0.1, 0.15) is 18.5 Å². The number of benzene rings is 1. The quantitative estimate of drug-likeness (QED) is 0.829. The zero-order valence-electron chi connectivity index (χ0n) is 12.1. The Bertz CT molecular complexity index is 526. The average molecular weight is 304 g/mol. The van der Waals surface area contributed by atoms with Crippen LogP contribution in [0.5, 0.6) is 0 Å². The van der Waals surface area contributed by atoms with E-state index in [4.69, 9.17) is 0 Å². The fourth-order valence-electron chi connectivity index (χ4n) is 2.73. The molecule has 1 amide bonds. The number of hydrogen-bond donors (Lipinski definition) is 2. The normalized spacial score (nSPS) is 20.8. The number of carbonyl (C=O) groups is 1. The minimum absolute atomic E-state index is 0.0829. The van der Waals surface area contributed by atoms with Gasteiger partial charge in [0, 0.05) is 37.6 Å². The maximum absolute atomic E-state index is 12.3. The van der Waals surface area contributed by atoms with Gasteiger partial charge < -0.3 is 10.3 Å². The highest BCUT2D eigenvalue weighted by molar-refractivity contribution is 8.00. The third kappa shape index (κ3) is 3.23.